The maximum atomic E-state index is 9.98. The second kappa shape index (κ2) is 5.49. The van der Waals surface area contributed by atoms with Crippen molar-refractivity contribution in [1.82, 2.24) is 0 Å². The highest BCUT2D eigenvalue weighted by molar-refractivity contribution is 7.70. The third-order valence-corrected chi connectivity index (χ3v) is 2.56. The smallest absolute Gasteiger partial charge is 0.481 e. The Bertz CT molecular complexity index is 121. The van der Waals surface area contributed by atoms with E-state index in [-0.39, 0.29) is 13.0 Å². The van der Waals surface area contributed by atoms with Crippen LogP contribution < -0.4 is 0 Å². The van der Waals surface area contributed by atoms with Gasteiger partial charge in [0.15, 0.2) is 0 Å². The predicted octanol–water partition coefficient (Wildman–Crippen LogP) is -0.789. The van der Waals surface area contributed by atoms with Crippen LogP contribution in [0.5, 0.6) is 0 Å². The van der Waals surface area contributed by atoms with Crippen LogP contribution in [0.15, 0.2) is 0 Å². The van der Waals surface area contributed by atoms with Gasteiger partial charge in [-0.2, -0.15) is 4.89 Å². The van der Waals surface area contributed by atoms with Gasteiger partial charge in [-0.1, -0.05) is 4.57 Å². The molecule has 0 spiro atoms. The molecule has 0 aromatic carbocycles. The lowest BCUT2D eigenvalue weighted by atomic mass is 10.5. The number of carboxylic acid groups (broad SMARTS) is 1. The summed E-state index contributed by atoms with van der Waals surface area (Å²) in [5.74, 6) is -0.956. The lowest BCUT2D eigenvalue weighted by molar-refractivity contribution is -0.137. The first-order valence-electron chi connectivity index (χ1n) is 2.56. The fourth-order valence-electron chi connectivity index (χ4n) is 0.302. The summed E-state index contributed by atoms with van der Waals surface area (Å²) in [4.78, 5) is 18.1. The molecule has 58 valence electrons. The molecule has 10 heavy (non-hydrogen) atoms. The number of aliphatic carboxylic acids is 1. The van der Waals surface area contributed by atoms with Gasteiger partial charge in [0.05, 0.1) is 6.42 Å². The van der Waals surface area contributed by atoms with Crippen molar-refractivity contribution in [3.05, 3.63) is 0 Å². The molecule has 0 rings (SSSR count). The minimum atomic E-state index is -2.16. The number of hydrogen-bond acceptors (Lipinski definition) is 3. The van der Waals surface area contributed by atoms with E-state index in [2.05, 4.69) is 4.43 Å². The summed E-state index contributed by atoms with van der Waals surface area (Å²) in [5, 5.41) is 8.08. The van der Waals surface area contributed by atoms with Crippen LogP contribution in [0.4, 0.5) is 0 Å². The highest BCUT2D eigenvalue weighted by atomic mass is 31.4. The Labute approximate surface area is 60.7 Å². The molecular formula is C3H8O5PSi+. The maximum Gasteiger partial charge on any atom is 0.493 e. The van der Waals surface area contributed by atoms with Gasteiger partial charge >= 0.3 is 23.0 Å². The molecule has 0 saturated heterocycles. The average Bonchev–Trinajstić information content (AvgIpc) is 1.79. The molecule has 0 aromatic heterocycles. The Morgan fingerprint density at radius 2 is 2.30 bits per heavy atom. The highest BCUT2D eigenvalue weighted by Crippen LogP contribution is 2.08. The van der Waals surface area contributed by atoms with Crippen LogP contribution in [-0.4, -0.2) is 32.0 Å². The Morgan fingerprint density at radius 3 is 2.70 bits per heavy atom. The Hall–Kier alpha value is -0.293. The fourth-order valence-corrected chi connectivity index (χ4v) is 1.59. The number of rotatable bonds is 5. The lowest BCUT2D eigenvalue weighted by Gasteiger charge is -1.90. The first kappa shape index (κ1) is 9.71. The normalized spacial score (nSPS) is 12.3. The zero-order valence-electron chi connectivity index (χ0n) is 5.19. The van der Waals surface area contributed by atoms with Crippen LogP contribution in [0.1, 0.15) is 6.42 Å². The zero-order valence-corrected chi connectivity index (χ0v) is 7.50. The van der Waals surface area contributed by atoms with Gasteiger partial charge in [-0.3, -0.25) is 4.79 Å². The molecular weight excluding hydrogens is 175 g/mol. The van der Waals surface area contributed by atoms with Crippen LogP contribution in [-0.2, 0) is 13.8 Å². The monoisotopic (exact) mass is 183 g/mol. The summed E-state index contributed by atoms with van der Waals surface area (Å²) in [6, 6.07) is 0. The van der Waals surface area contributed by atoms with Gasteiger partial charge in [0, 0.05) is 6.61 Å². The average molecular weight is 183 g/mol. The molecule has 1 unspecified atom stereocenters. The van der Waals surface area contributed by atoms with Gasteiger partial charge in [-0.15, -0.1) is 0 Å². The SMILES string of the molecule is O=C(O)CCO[SiH2][P+](=O)O. The molecule has 0 aliphatic carbocycles. The van der Waals surface area contributed by atoms with Crippen LogP contribution >= 0.6 is 7.58 Å². The van der Waals surface area contributed by atoms with Crippen molar-refractivity contribution >= 4 is 23.0 Å². The van der Waals surface area contributed by atoms with Gasteiger partial charge in [-0.05, 0) is 0 Å². The molecule has 0 aliphatic heterocycles. The van der Waals surface area contributed by atoms with Crippen molar-refractivity contribution in [3.63, 3.8) is 0 Å². The molecule has 1 atom stereocenters. The van der Waals surface area contributed by atoms with Crippen molar-refractivity contribution in [2.24, 2.45) is 0 Å². The topological polar surface area (TPSA) is 83.8 Å². The minimum Gasteiger partial charge on any atom is -0.481 e. The summed E-state index contributed by atoms with van der Waals surface area (Å²) in [6.07, 6.45) is -0.101. The molecule has 2 N–H and O–H groups in total. The van der Waals surface area contributed by atoms with Crippen LogP contribution in [0.2, 0.25) is 0 Å². The molecule has 0 fully saturated rings. The van der Waals surface area contributed by atoms with Crippen molar-refractivity contribution in [2.45, 2.75) is 6.42 Å². The molecule has 7 heteroatoms. The number of hydrogen-bond donors (Lipinski definition) is 2. The van der Waals surface area contributed by atoms with Crippen LogP contribution in [0, 0.1) is 0 Å². The summed E-state index contributed by atoms with van der Waals surface area (Å²) < 4.78 is 14.6. The summed E-state index contributed by atoms with van der Waals surface area (Å²) in [7, 11) is -3.55. The Kier molecular flexibility index (Phi) is 5.33. The number of carbonyl (C=O) groups is 1. The zero-order chi connectivity index (χ0) is 7.98. The molecule has 0 heterocycles. The summed E-state index contributed by atoms with van der Waals surface area (Å²) in [6.45, 7) is 0.0448. The second-order valence-electron chi connectivity index (χ2n) is 1.53. The van der Waals surface area contributed by atoms with Gasteiger partial charge < -0.3 is 9.53 Å². The fraction of sp³-hybridized carbons (Fsp3) is 0.667. The van der Waals surface area contributed by atoms with E-state index in [9.17, 15) is 9.36 Å². The maximum absolute atomic E-state index is 9.98. The molecule has 0 radical (unpaired) electrons. The van der Waals surface area contributed by atoms with E-state index in [1.807, 2.05) is 0 Å². The molecule has 0 aromatic rings. The van der Waals surface area contributed by atoms with E-state index < -0.39 is 23.0 Å². The third-order valence-electron chi connectivity index (χ3n) is 0.662. The van der Waals surface area contributed by atoms with Gasteiger partial charge in [0.1, 0.15) is 0 Å². The Morgan fingerprint density at radius 1 is 1.70 bits per heavy atom. The van der Waals surface area contributed by atoms with E-state index in [0.717, 1.165) is 0 Å². The van der Waals surface area contributed by atoms with Crippen molar-refractivity contribution in [3.8, 4) is 0 Å². The predicted molar refractivity (Wildman–Crippen MR) is 36.6 cm³/mol. The van der Waals surface area contributed by atoms with E-state index in [1.165, 1.54) is 0 Å². The van der Waals surface area contributed by atoms with E-state index in [0.29, 0.717) is 0 Å². The van der Waals surface area contributed by atoms with E-state index >= 15 is 0 Å². The molecule has 0 saturated carbocycles. The summed E-state index contributed by atoms with van der Waals surface area (Å²) in [5.41, 5.74) is 0. The molecule has 0 bridgehead atoms. The molecule has 0 amide bonds. The van der Waals surface area contributed by atoms with E-state index in [4.69, 9.17) is 10.00 Å². The van der Waals surface area contributed by atoms with Crippen molar-refractivity contribution < 1.29 is 23.8 Å². The lowest BCUT2D eigenvalue weighted by Crippen LogP contribution is -2.03. The molecule has 0 aliphatic rings. The van der Waals surface area contributed by atoms with Crippen LogP contribution in [0.25, 0.3) is 0 Å². The van der Waals surface area contributed by atoms with Gasteiger partial charge in [0.2, 0.25) is 0 Å². The summed E-state index contributed by atoms with van der Waals surface area (Å²) >= 11 is 0. The van der Waals surface area contributed by atoms with Crippen molar-refractivity contribution in [2.75, 3.05) is 6.61 Å². The number of carboxylic acids is 1. The second-order valence-corrected chi connectivity index (χ2v) is 5.30. The minimum absolute atomic E-state index is 0.0448. The third kappa shape index (κ3) is 7.71. The van der Waals surface area contributed by atoms with Gasteiger partial charge in [-0.25, -0.2) is 0 Å². The Balaban J connectivity index is 3.06. The van der Waals surface area contributed by atoms with Gasteiger partial charge in [0.25, 0.3) is 0 Å². The molecule has 5 nitrogen and oxygen atoms in total. The standard InChI is InChI=1S/C3H7O5PSi/c4-3(5)1-2-8-10-9(6)7/h1-2,10H2,(H-,4,5,6,7)/p+1. The first-order chi connectivity index (χ1) is 4.63. The van der Waals surface area contributed by atoms with Crippen molar-refractivity contribution in [1.29, 1.82) is 0 Å². The highest BCUT2D eigenvalue weighted by Gasteiger charge is 2.11. The first-order valence-corrected chi connectivity index (χ1v) is 6.43. The quantitative estimate of drug-likeness (QED) is 0.331. The van der Waals surface area contributed by atoms with E-state index in [1.54, 1.807) is 0 Å². The van der Waals surface area contributed by atoms with Crippen LogP contribution in [0.3, 0.4) is 0 Å². The largest absolute Gasteiger partial charge is 0.493 e.